The van der Waals surface area contributed by atoms with Gasteiger partial charge in [-0.15, -0.1) is 0 Å². The van der Waals surface area contributed by atoms with Crippen molar-refractivity contribution in [3.8, 4) is 0 Å². The van der Waals surface area contributed by atoms with Gasteiger partial charge in [0.05, 0.1) is 0 Å². The van der Waals surface area contributed by atoms with Crippen molar-refractivity contribution in [1.82, 2.24) is 0 Å². The van der Waals surface area contributed by atoms with Gasteiger partial charge in [0.25, 0.3) is 0 Å². The standard InChI is InChI=1S/C16H20/c1-4-12(3)14-8-9-15-10-13(5-2)6-7-16(15)11-14/h6-12H,4-5H2,1-3H3. The summed E-state index contributed by atoms with van der Waals surface area (Å²) < 4.78 is 0. The van der Waals surface area contributed by atoms with Crippen LogP contribution >= 0.6 is 0 Å². The summed E-state index contributed by atoms with van der Waals surface area (Å²) in [7, 11) is 0. The van der Waals surface area contributed by atoms with Crippen LogP contribution in [0.2, 0.25) is 0 Å². The maximum absolute atomic E-state index is 2.34. The first-order chi connectivity index (χ1) is 7.74. The number of benzene rings is 2. The Balaban J connectivity index is 2.47. The second kappa shape index (κ2) is 4.69. The maximum Gasteiger partial charge on any atom is -0.0181 e. The monoisotopic (exact) mass is 212 g/mol. The predicted molar refractivity (Wildman–Crippen MR) is 72.0 cm³/mol. The molecule has 0 spiro atoms. The largest absolute Gasteiger partial charge is 0.0648 e. The van der Waals surface area contributed by atoms with E-state index in [4.69, 9.17) is 0 Å². The van der Waals surface area contributed by atoms with E-state index in [0.29, 0.717) is 5.92 Å². The minimum atomic E-state index is 0.662. The van der Waals surface area contributed by atoms with Gasteiger partial charge in [-0.25, -0.2) is 0 Å². The van der Waals surface area contributed by atoms with Crippen molar-refractivity contribution in [2.45, 2.75) is 39.5 Å². The molecular formula is C16H20. The number of aryl methyl sites for hydroxylation is 1. The molecule has 0 N–H and O–H groups in total. The van der Waals surface area contributed by atoms with E-state index in [1.807, 2.05) is 0 Å². The third kappa shape index (κ3) is 2.11. The summed E-state index contributed by atoms with van der Waals surface area (Å²) in [4.78, 5) is 0. The lowest BCUT2D eigenvalue weighted by Crippen LogP contribution is -1.91. The van der Waals surface area contributed by atoms with Gasteiger partial charge in [-0.3, -0.25) is 0 Å². The Labute approximate surface area is 98.3 Å². The molecule has 84 valence electrons. The van der Waals surface area contributed by atoms with Gasteiger partial charge in [-0.05, 0) is 40.7 Å². The molecule has 16 heavy (non-hydrogen) atoms. The minimum Gasteiger partial charge on any atom is -0.0648 e. The van der Waals surface area contributed by atoms with Crippen LogP contribution in [0.5, 0.6) is 0 Å². The van der Waals surface area contributed by atoms with E-state index < -0.39 is 0 Å². The summed E-state index contributed by atoms with van der Waals surface area (Å²) in [5.74, 6) is 0.662. The molecule has 0 heterocycles. The quantitative estimate of drug-likeness (QED) is 0.677. The lowest BCUT2D eigenvalue weighted by Gasteiger charge is -2.10. The van der Waals surface area contributed by atoms with E-state index in [0.717, 1.165) is 6.42 Å². The van der Waals surface area contributed by atoms with Crippen molar-refractivity contribution in [3.63, 3.8) is 0 Å². The van der Waals surface area contributed by atoms with Crippen molar-refractivity contribution < 1.29 is 0 Å². The fourth-order valence-corrected chi connectivity index (χ4v) is 2.08. The first-order valence-corrected chi connectivity index (χ1v) is 6.27. The van der Waals surface area contributed by atoms with Crippen molar-refractivity contribution in [1.29, 1.82) is 0 Å². The second-order valence-corrected chi connectivity index (χ2v) is 4.60. The maximum atomic E-state index is 2.34. The minimum absolute atomic E-state index is 0.662. The number of rotatable bonds is 3. The Morgan fingerprint density at radius 2 is 1.62 bits per heavy atom. The van der Waals surface area contributed by atoms with Gasteiger partial charge in [0.2, 0.25) is 0 Å². The second-order valence-electron chi connectivity index (χ2n) is 4.60. The van der Waals surface area contributed by atoms with Crippen LogP contribution in [0.4, 0.5) is 0 Å². The SMILES string of the molecule is CCc1ccc2cc(C(C)CC)ccc2c1. The smallest absolute Gasteiger partial charge is 0.0181 e. The zero-order valence-corrected chi connectivity index (χ0v) is 10.5. The van der Waals surface area contributed by atoms with E-state index in [1.54, 1.807) is 0 Å². The summed E-state index contributed by atoms with van der Waals surface area (Å²) >= 11 is 0. The van der Waals surface area contributed by atoms with Gasteiger partial charge < -0.3 is 0 Å². The Bertz CT molecular complexity index is 482. The fraction of sp³-hybridized carbons (Fsp3) is 0.375. The van der Waals surface area contributed by atoms with Crippen LogP contribution in [0.1, 0.15) is 44.2 Å². The number of fused-ring (bicyclic) bond motifs is 1. The van der Waals surface area contributed by atoms with Crippen LogP contribution in [0, 0.1) is 0 Å². The van der Waals surface area contributed by atoms with Crippen LogP contribution < -0.4 is 0 Å². The molecule has 2 aromatic carbocycles. The zero-order valence-electron chi connectivity index (χ0n) is 10.5. The molecule has 2 rings (SSSR count). The first kappa shape index (κ1) is 11.2. The molecule has 0 saturated carbocycles. The summed E-state index contributed by atoms with van der Waals surface area (Å²) in [6.45, 7) is 6.74. The number of hydrogen-bond acceptors (Lipinski definition) is 0. The molecule has 0 aromatic heterocycles. The van der Waals surface area contributed by atoms with Gasteiger partial charge in [0, 0.05) is 0 Å². The molecule has 1 atom stereocenters. The summed E-state index contributed by atoms with van der Waals surface area (Å²) in [5, 5.41) is 2.74. The fourth-order valence-electron chi connectivity index (χ4n) is 2.08. The Morgan fingerprint density at radius 3 is 2.31 bits per heavy atom. The van der Waals surface area contributed by atoms with Crippen molar-refractivity contribution >= 4 is 10.8 Å². The highest BCUT2D eigenvalue weighted by Crippen LogP contribution is 2.24. The van der Waals surface area contributed by atoms with Gasteiger partial charge in [0.15, 0.2) is 0 Å². The Kier molecular flexibility index (Phi) is 3.28. The Morgan fingerprint density at radius 1 is 0.938 bits per heavy atom. The highest BCUT2D eigenvalue weighted by atomic mass is 14.1. The van der Waals surface area contributed by atoms with E-state index in [-0.39, 0.29) is 0 Å². The predicted octanol–water partition coefficient (Wildman–Crippen LogP) is 4.92. The summed E-state index contributed by atoms with van der Waals surface area (Å²) in [5.41, 5.74) is 2.88. The van der Waals surface area contributed by atoms with E-state index in [1.165, 1.54) is 28.3 Å². The average Bonchev–Trinajstić information content (AvgIpc) is 2.36. The highest BCUT2D eigenvalue weighted by molar-refractivity contribution is 5.83. The molecule has 1 unspecified atom stereocenters. The molecular weight excluding hydrogens is 192 g/mol. The zero-order chi connectivity index (χ0) is 11.5. The molecule has 0 aliphatic carbocycles. The van der Waals surface area contributed by atoms with Crippen LogP contribution in [-0.2, 0) is 6.42 Å². The van der Waals surface area contributed by atoms with Crippen LogP contribution in [0.3, 0.4) is 0 Å². The van der Waals surface area contributed by atoms with Gasteiger partial charge in [-0.1, -0.05) is 57.2 Å². The normalized spacial score (nSPS) is 12.9. The lowest BCUT2D eigenvalue weighted by atomic mass is 9.95. The van der Waals surface area contributed by atoms with Gasteiger partial charge in [-0.2, -0.15) is 0 Å². The topological polar surface area (TPSA) is 0 Å². The molecule has 0 radical (unpaired) electrons. The average molecular weight is 212 g/mol. The lowest BCUT2D eigenvalue weighted by molar-refractivity contribution is 0.735. The third-order valence-electron chi connectivity index (χ3n) is 3.52. The van der Waals surface area contributed by atoms with Crippen molar-refractivity contribution in [2.75, 3.05) is 0 Å². The van der Waals surface area contributed by atoms with E-state index >= 15 is 0 Å². The summed E-state index contributed by atoms with van der Waals surface area (Å²) in [6.07, 6.45) is 2.32. The first-order valence-electron chi connectivity index (χ1n) is 6.27. The molecule has 0 heteroatoms. The van der Waals surface area contributed by atoms with E-state index in [2.05, 4.69) is 57.2 Å². The summed E-state index contributed by atoms with van der Waals surface area (Å²) in [6, 6.07) is 13.7. The van der Waals surface area contributed by atoms with Crippen LogP contribution in [-0.4, -0.2) is 0 Å². The molecule has 0 aliphatic heterocycles. The molecule has 2 aromatic rings. The van der Waals surface area contributed by atoms with Crippen molar-refractivity contribution in [2.24, 2.45) is 0 Å². The molecule has 0 bridgehead atoms. The van der Waals surface area contributed by atoms with Gasteiger partial charge >= 0.3 is 0 Å². The number of hydrogen-bond donors (Lipinski definition) is 0. The van der Waals surface area contributed by atoms with Gasteiger partial charge in [0.1, 0.15) is 0 Å². The molecule has 0 nitrogen and oxygen atoms in total. The molecule has 0 amide bonds. The molecule has 0 fully saturated rings. The van der Waals surface area contributed by atoms with Crippen LogP contribution in [0.25, 0.3) is 10.8 Å². The van der Waals surface area contributed by atoms with Crippen molar-refractivity contribution in [3.05, 3.63) is 47.5 Å². The van der Waals surface area contributed by atoms with E-state index in [9.17, 15) is 0 Å². The third-order valence-corrected chi connectivity index (χ3v) is 3.52. The molecule has 0 saturated heterocycles. The van der Waals surface area contributed by atoms with Crippen LogP contribution in [0.15, 0.2) is 36.4 Å². The molecule has 0 aliphatic rings. The highest BCUT2D eigenvalue weighted by Gasteiger charge is 2.03. The Hall–Kier alpha value is -1.30.